The number of halogens is 1. The first kappa shape index (κ1) is 20.4. The summed E-state index contributed by atoms with van der Waals surface area (Å²) in [5.74, 6) is -0.571. The lowest BCUT2D eigenvalue weighted by atomic mass is 10.1. The molecule has 2 amide bonds. The van der Waals surface area contributed by atoms with Gasteiger partial charge in [0.05, 0.1) is 0 Å². The highest BCUT2D eigenvalue weighted by atomic mass is 19.1. The average Bonchev–Trinajstić information content (AvgIpc) is 2.66. The number of hydrogen-bond acceptors (Lipinski definition) is 3. The van der Waals surface area contributed by atoms with Crippen LogP contribution in [0.3, 0.4) is 0 Å². The Morgan fingerprint density at radius 2 is 1.85 bits per heavy atom. The Morgan fingerprint density at radius 1 is 1.15 bits per heavy atom. The highest BCUT2D eigenvalue weighted by molar-refractivity contribution is 5.87. The van der Waals surface area contributed by atoms with Gasteiger partial charge >= 0.3 is 0 Å². The molecule has 2 aromatic carbocycles. The van der Waals surface area contributed by atoms with Crippen LogP contribution in [0.25, 0.3) is 0 Å². The largest absolute Gasteiger partial charge is 0.484 e. The van der Waals surface area contributed by atoms with Gasteiger partial charge in [0.25, 0.3) is 5.91 Å². The van der Waals surface area contributed by atoms with Gasteiger partial charge in [0.1, 0.15) is 17.6 Å². The number of nitrogens with one attached hydrogen (secondary N) is 1. The standard InChI is InChI=1S/C21H25FN2O3/c1-14-9-10-18(11-15(14)2)27-13-20(25)24(16(3)21(26)23-4)12-17-7-5-6-8-19(17)22/h5-11,16H,12-13H2,1-4H3,(H,23,26)/t16-/m0/s1. The molecule has 0 aliphatic rings. The summed E-state index contributed by atoms with van der Waals surface area (Å²) in [6.07, 6.45) is 0. The third-order valence-corrected chi connectivity index (χ3v) is 4.55. The van der Waals surface area contributed by atoms with Crippen molar-refractivity contribution < 1.29 is 18.7 Å². The summed E-state index contributed by atoms with van der Waals surface area (Å²) in [6.45, 7) is 5.30. The van der Waals surface area contributed by atoms with E-state index in [0.29, 0.717) is 11.3 Å². The van der Waals surface area contributed by atoms with Crippen LogP contribution in [0, 0.1) is 19.7 Å². The Hall–Kier alpha value is -2.89. The van der Waals surface area contributed by atoms with Crippen LogP contribution in [-0.2, 0) is 16.1 Å². The summed E-state index contributed by atoms with van der Waals surface area (Å²) in [5, 5.41) is 2.52. The third-order valence-electron chi connectivity index (χ3n) is 4.55. The first-order valence-corrected chi connectivity index (χ1v) is 8.78. The van der Waals surface area contributed by atoms with Gasteiger partial charge in [-0.3, -0.25) is 9.59 Å². The molecule has 1 N–H and O–H groups in total. The van der Waals surface area contributed by atoms with Crippen molar-refractivity contribution in [2.45, 2.75) is 33.4 Å². The van der Waals surface area contributed by atoms with Crippen LogP contribution >= 0.6 is 0 Å². The summed E-state index contributed by atoms with van der Waals surface area (Å²) in [6, 6.07) is 11.0. The number of aryl methyl sites for hydroxylation is 2. The predicted molar refractivity (Wildman–Crippen MR) is 102 cm³/mol. The number of ether oxygens (including phenoxy) is 1. The summed E-state index contributed by atoms with van der Waals surface area (Å²) in [4.78, 5) is 26.1. The first-order chi connectivity index (χ1) is 12.8. The Kier molecular flexibility index (Phi) is 6.93. The van der Waals surface area contributed by atoms with E-state index in [1.54, 1.807) is 31.2 Å². The number of likely N-dealkylation sites (N-methyl/N-ethyl adjacent to an activating group) is 1. The molecule has 0 aromatic heterocycles. The zero-order valence-electron chi connectivity index (χ0n) is 16.1. The molecule has 0 fully saturated rings. The molecule has 144 valence electrons. The number of nitrogens with zero attached hydrogens (tertiary/aromatic N) is 1. The molecule has 0 unspecified atom stereocenters. The van der Waals surface area contributed by atoms with Crippen molar-refractivity contribution in [1.82, 2.24) is 10.2 Å². The van der Waals surface area contributed by atoms with Crippen LogP contribution in [-0.4, -0.2) is 36.4 Å². The fourth-order valence-electron chi connectivity index (χ4n) is 2.63. The van der Waals surface area contributed by atoms with Gasteiger partial charge in [-0.15, -0.1) is 0 Å². The molecular formula is C21H25FN2O3. The average molecular weight is 372 g/mol. The van der Waals surface area contributed by atoms with Gasteiger partial charge in [0.15, 0.2) is 6.61 Å². The van der Waals surface area contributed by atoms with E-state index in [4.69, 9.17) is 4.74 Å². The van der Waals surface area contributed by atoms with Crippen molar-refractivity contribution in [1.29, 1.82) is 0 Å². The summed E-state index contributed by atoms with van der Waals surface area (Å²) in [7, 11) is 1.50. The number of carbonyl (C=O) groups excluding carboxylic acids is 2. The van der Waals surface area contributed by atoms with Gasteiger partial charge in [-0.05, 0) is 50.1 Å². The van der Waals surface area contributed by atoms with E-state index < -0.39 is 17.8 Å². The van der Waals surface area contributed by atoms with Gasteiger partial charge in [0.2, 0.25) is 5.91 Å². The van der Waals surface area contributed by atoms with Crippen LogP contribution in [0.15, 0.2) is 42.5 Å². The normalized spacial score (nSPS) is 11.6. The molecule has 2 aromatic rings. The van der Waals surface area contributed by atoms with Gasteiger partial charge < -0.3 is 15.0 Å². The molecule has 0 radical (unpaired) electrons. The fraction of sp³-hybridized carbons (Fsp3) is 0.333. The molecule has 27 heavy (non-hydrogen) atoms. The first-order valence-electron chi connectivity index (χ1n) is 8.78. The van der Waals surface area contributed by atoms with E-state index in [1.807, 2.05) is 26.0 Å². The van der Waals surface area contributed by atoms with E-state index in [-0.39, 0.29) is 19.1 Å². The summed E-state index contributed by atoms with van der Waals surface area (Å²) in [5.41, 5.74) is 2.53. The van der Waals surface area contributed by atoms with Crippen LogP contribution in [0.5, 0.6) is 5.75 Å². The van der Waals surface area contributed by atoms with Crippen LogP contribution in [0.1, 0.15) is 23.6 Å². The highest BCUT2D eigenvalue weighted by Crippen LogP contribution is 2.17. The van der Waals surface area contributed by atoms with Gasteiger partial charge in [-0.2, -0.15) is 0 Å². The zero-order valence-corrected chi connectivity index (χ0v) is 16.1. The lowest BCUT2D eigenvalue weighted by Crippen LogP contribution is -2.48. The highest BCUT2D eigenvalue weighted by Gasteiger charge is 2.26. The minimum atomic E-state index is -0.759. The molecule has 5 nitrogen and oxygen atoms in total. The smallest absolute Gasteiger partial charge is 0.261 e. The zero-order chi connectivity index (χ0) is 20.0. The van der Waals surface area contributed by atoms with Crippen molar-refractivity contribution in [3.05, 3.63) is 65.0 Å². The maximum Gasteiger partial charge on any atom is 0.261 e. The number of carbonyl (C=O) groups is 2. The van der Waals surface area contributed by atoms with E-state index in [0.717, 1.165) is 11.1 Å². The Morgan fingerprint density at radius 3 is 2.48 bits per heavy atom. The second kappa shape index (κ2) is 9.16. The molecule has 2 rings (SSSR count). The number of hydrogen-bond donors (Lipinski definition) is 1. The van der Waals surface area contributed by atoms with E-state index in [2.05, 4.69) is 5.32 Å². The van der Waals surface area contributed by atoms with Crippen molar-refractivity contribution in [3.63, 3.8) is 0 Å². The van der Waals surface area contributed by atoms with Crippen molar-refractivity contribution in [2.24, 2.45) is 0 Å². The summed E-state index contributed by atoms with van der Waals surface area (Å²) < 4.78 is 19.6. The van der Waals surface area contributed by atoms with E-state index in [1.165, 1.54) is 18.0 Å². The molecule has 0 bridgehead atoms. The molecule has 6 heteroatoms. The molecule has 0 aliphatic heterocycles. The maximum atomic E-state index is 14.0. The third kappa shape index (κ3) is 5.29. The minimum absolute atomic E-state index is 0.0175. The lowest BCUT2D eigenvalue weighted by molar-refractivity contribution is -0.142. The maximum absolute atomic E-state index is 14.0. The van der Waals surface area contributed by atoms with Crippen LogP contribution in [0.2, 0.25) is 0 Å². The van der Waals surface area contributed by atoms with Gasteiger partial charge in [-0.25, -0.2) is 4.39 Å². The second-order valence-electron chi connectivity index (χ2n) is 6.44. The Balaban J connectivity index is 2.16. The SMILES string of the molecule is CNC(=O)[C@H](C)N(Cc1ccccc1F)C(=O)COc1ccc(C)c(C)c1. The van der Waals surface area contributed by atoms with E-state index >= 15 is 0 Å². The Bertz CT molecular complexity index is 823. The Labute approximate surface area is 159 Å². The molecule has 0 saturated carbocycles. The molecular weight excluding hydrogens is 347 g/mol. The fourth-order valence-corrected chi connectivity index (χ4v) is 2.63. The van der Waals surface area contributed by atoms with Crippen molar-refractivity contribution >= 4 is 11.8 Å². The molecule has 0 heterocycles. The molecule has 0 saturated heterocycles. The number of rotatable bonds is 7. The summed E-state index contributed by atoms with van der Waals surface area (Å²) >= 11 is 0. The molecule has 0 aliphatic carbocycles. The van der Waals surface area contributed by atoms with Gasteiger partial charge in [0, 0.05) is 19.2 Å². The second-order valence-corrected chi connectivity index (χ2v) is 6.44. The quantitative estimate of drug-likeness (QED) is 0.813. The van der Waals surface area contributed by atoms with Crippen molar-refractivity contribution in [3.8, 4) is 5.75 Å². The lowest BCUT2D eigenvalue weighted by Gasteiger charge is -2.28. The minimum Gasteiger partial charge on any atom is -0.484 e. The number of amides is 2. The molecule has 0 spiro atoms. The van der Waals surface area contributed by atoms with Crippen LogP contribution in [0.4, 0.5) is 4.39 Å². The van der Waals surface area contributed by atoms with E-state index in [9.17, 15) is 14.0 Å². The predicted octanol–water partition coefficient (Wildman–Crippen LogP) is 2.98. The molecule has 1 atom stereocenters. The van der Waals surface area contributed by atoms with Crippen LogP contribution < -0.4 is 10.1 Å². The topological polar surface area (TPSA) is 58.6 Å². The van der Waals surface area contributed by atoms with Crippen molar-refractivity contribution in [2.75, 3.05) is 13.7 Å². The van der Waals surface area contributed by atoms with Gasteiger partial charge in [-0.1, -0.05) is 24.3 Å². The monoisotopic (exact) mass is 372 g/mol. The number of benzene rings is 2.